The summed E-state index contributed by atoms with van der Waals surface area (Å²) in [7, 11) is 3.07. The summed E-state index contributed by atoms with van der Waals surface area (Å²) in [5, 5.41) is 2.70. The van der Waals surface area contributed by atoms with E-state index >= 15 is 0 Å². The highest BCUT2D eigenvalue weighted by molar-refractivity contribution is 5.92. The molecule has 0 aromatic heterocycles. The highest BCUT2D eigenvalue weighted by Crippen LogP contribution is 2.28. The summed E-state index contributed by atoms with van der Waals surface area (Å²) >= 11 is 0. The number of carbonyl (C=O) groups is 2. The number of hydrogen-bond acceptors (Lipinski definition) is 6. The number of methoxy groups -OCH3 is 2. The van der Waals surface area contributed by atoms with Gasteiger partial charge in [0.15, 0.2) is 18.1 Å². The molecule has 2 aromatic rings. The predicted octanol–water partition coefficient (Wildman–Crippen LogP) is 3.60. The van der Waals surface area contributed by atoms with Gasteiger partial charge in [0.25, 0.3) is 5.91 Å². The molecule has 7 heteroatoms. The summed E-state index contributed by atoms with van der Waals surface area (Å²) in [6.07, 6.45) is 0.914. The van der Waals surface area contributed by atoms with Crippen LogP contribution in [0.4, 0.5) is 0 Å². The third-order valence-corrected chi connectivity index (χ3v) is 4.35. The molecule has 2 rings (SSSR count). The van der Waals surface area contributed by atoms with Crippen LogP contribution in [0.25, 0.3) is 0 Å². The third kappa shape index (κ3) is 6.99. The molecule has 7 nitrogen and oxygen atoms in total. The molecule has 1 N–H and O–H groups in total. The van der Waals surface area contributed by atoms with Gasteiger partial charge in [-0.2, -0.15) is 0 Å². The van der Waals surface area contributed by atoms with E-state index in [2.05, 4.69) is 19.2 Å². The zero-order chi connectivity index (χ0) is 21.9. The van der Waals surface area contributed by atoms with Crippen molar-refractivity contribution < 1.29 is 28.5 Å². The van der Waals surface area contributed by atoms with Gasteiger partial charge in [-0.05, 0) is 36.6 Å². The van der Waals surface area contributed by atoms with Crippen LogP contribution >= 0.6 is 0 Å². The monoisotopic (exact) mass is 415 g/mol. The van der Waals surface area contributed by atoms with Crippen molar-refractivity contribution >= 4 is 11.9 Å². The molecule has 0 aliphatic heterocycles. The smallest absolute Gasteiger partial charge is 0.338 e. The Morgan fingerprint density at radius 1 is 0.967 bits per heavy atom. The Morgan fingerprint density at radius 3 is 2.40 bits per heavy atom. The molecule has 0 aliphatic carbocycles. The lowest BCUT2D eigenvalue weighted by Crippen LogP contribution is -2.28. The van der Waals surface area contributed by atoms with Crippen molar-refractivity contribution in [1.29, 1.82) is 0 Å². The highest BCUT2D eigenvalue weighted by Gasteiger charge is 2.14. The Labute approximate surface area is 177 Å². The number of esters is 1. The van der Waals surface area contributed by atoms with E-state index in [-0.39, 0.29) is 18.7 Å². The number of amides is 1. The van der Waals surface area contributed by atoms with Crippen LogP contribution in [0, 0.1) is 5.92 Å². The topological polar surface area (TPSA) is 83.1 Å². The summed E-state index contributed by atoms with van der Waals surface area (Å²) < 4.78 is 21.4. The van der Waals surface area contributed by atoms with Crippen LogP contribution in [-0.4, -0.2) is 39.3 Å². The fraction of sp³-hybridized carbons (Fsp3) is 0.391. The van der Waals surface area contributed by atoms with Crippen molar-refractivity contribution in [2.75, 3.05) is 27.4 Å². The molecule has 1 amide bonds. The van der Waals surface area contributed by atoms with Gasteiger partial charge in [-0.1, -0.05) is 32.0 Å². The van der Waals surface area contributed by atoms with E-state index < -0.39 is 11.9 Å². The van der Waals surface area contributed by atoms with E-state index in [1.165, 1.54) is 7.11 Å². The molecule has 0 heterocycles. The second-order valence-corrected chi connectivity index (χ2v) is 7.06. The van der Waals surface area contributed by atoms with E-state index in [9.17, 15) is 9.59 Å². The molecule has 0 atom stereocenters. The SMILES string of the molecule is COc1ccccc1CNC(=O)COC(=O)c1ccc(OCCC(C)C)c(OC)c1. The fourth-order valence-corrected chi connectivity index (χ4v) is 2.63. The van der Waals surface area contributed by atoms with Crippen molar-refractivity contribution in [3.05, 3.63) is 53.6 Å². The van der Waals surface area contributed by atoms with Gasteiger partial charge in [0.1, 0.15) is 5.75 Å². The van der Waals surface area contributed by atoms with Gasteiger partial charge in [-0.15, -0.1) is 0 Å². The Morgan fingerprint density at radius 2 is 1.70 bits per heavy atom. The lowest BCUT2D eigenvalue weighted by Gasteiger charge is -2.13. The Balaban J connectivity index is 1.87. The summed E-state index contributed by atoms with van der Waals surface area (Å²) in [4.78, 5) is 24.3. The van der Waals surface area contributed by atoms with Gasteiger partial charge in [-0.25, -0.2) is 4.79 Å². The van der Waals surface area contributed by atoms with Gasteiger partial charge in [0, 0.05) is 12.1 Å². The van der Waals surface area contributed by atoms with Crippen LogP contribution in [-0.2, 0) is 16.1 Å². The second kappa shape index (κ2) is 11.7. The largest absolute Gasteiger partial charge is 0.496 e. The van der Waals surface area contributed by atoms with E-state index in [0.717, 1.165) is 12.0 Å². The van der Waals surface area contributed by atoms with Crippen LogP contribution in [0.1, 0.15) is 36.2 Å². The first-order valence-corrected chi connectivity index (χ1v) is 9.81. The molecule has 2 aromatic carbocycles. The van der Waals surface area contributed by atoms with Crippen molar-refractivity contribution in [3.63, 3.8) is 0 Å². The fourth-order valence-electron chi connectivity index (χ4n) is 2.63. The van der Waals surface area contributed by atoms with Crippen LogP contribution in [0.5, 0.6) is 17.2 Å². The first-order valence-electron chi connectivity index (χ1n) is 9.81. The molecule has 0 aliphatic rings. The first-order chi connectivity index (χ1) is 14.4. The number of ether oxygens (including phenoxy) is 4. The maximum atomic E-state index is 12.3. The summed E-state index contributed by atoms with van der Waals surface area (Å²) in [5.74, 6) is 1.18. The zero-order valence-electron chi connectivity index (χ0n) is 17.9. The molecule has 0 bridgehead atoms. The van der Waals surface area contributed by atoms with Crippen molar-refractivity contribution in [3.8, 4) is 17.2 Å². The van der Waals surface area contributed by atoms with Gasteiger partial charge < -0.3 is 24.3 Å². The maximum Gasteiger partial charge on any atom is 0.338 e. The second-order valence-electron chi connectivity index (χ2n) is 7.06. The Hall–Kier alpha value is -3.22. The summed E-state index contributed by atoms with van der Waals surface area (Å²) in [5.41, 5.74) is 1.11. The van der Waals surface area contributed by atoms with Gasteiger partial charge in [0.05, 0.1) is 26.4 Å². The molecular weight excluding hydrogens is 386 g/mol. The molecule has 0 fully saturated rings. The molecule has 0 unspecified atom stereocenters. The van der Waals surface area contributed by atoms with E-state index in [1.807, 2.05) is 24.3 Å². The average Bonchev–Trinajstić information content (AvgIpc) is 2.76. The summed E-state index contributed by atoms with van der Waals surface area (Å²) in [6, 6.07) is 12.2. The molecular formula is C23H29NO6. The minimum absolute atomic E-state index is 0.274. The Kier molecular flexibility index (Phi) is 9.00. The standard InChI is InChI=1S/C23H29NO6/c1-16(2)11-12-29-20-10-9-17(13-21(20)28-4)23(26)30-15-22(25)24-14-18-7-5-6-8-19(18)27-3/h5-10,13,16H,11-12,14-15H2,1-4H3,(H,24,25). The van der Waals surface area contributed by atoms with Crippen LogP contribution in [0.2, 0.25) is 0 Å². The number of benzene rings is 2. The highest BCUT2D eigenvalue weighted by atomic mass is 16.5. The van der Waals surface area contributed by atoms with Crippen LogP contribution in [0.3, 0.4) is 0 Å². The lowest BCUT2D eigenvalue weighted by molar-refractivity contribution is -0.124. The van der Waals surface area contributed by atoms with Crippen molar-refractivity contribution in [2.24, 2.45) is 5.92 Å². The number of carbonyl (C=O) groups excluding carboxylic acids is 2. The van der Waals surface area contributed by atoms with E-state index in [1.54, 1.807) is 25.3 Å². The van der Waals surface area contributed by atoms with Gasteiger partial charge >= 0.3 is 5.97 Å². The first kappa shape index (κ1) is 23.1. The number of hydrogen-bond donors (Lipinski definition) is 1. The molecule has 0 saturated heterocycles. The molecule has 0 spiro atoms. The van der Waals surface area contributed by atoms with Crippen molar-refractivity contribution in [2.45, 2.75) is 26.8 Å². The third-order valence-electron chi connectivity index (χ3n) is 4.35. The quantitative estimate of drug-likeness (QED) is 0.565. The Bertz CT molecular complexity index is 849. The lowest BCUT2D eigenvalue weighted by atomic mass is 10.1. The molecule has 0 radical (unpaired) electrons. The normalized spacial score (nSPS) is 10.4. The van der Waals surface area contributed by atoms with Crippen molar-refractivity contribution in [1.82, 2.24) is 5.32 Å². The van der Waals surface area contributed by atoms with E-state index in [4.69, 9.17) is 18.9 Å². The molecule has 30 heavy (non-hydrogen) atoms. The molecule has 162 valence electrons. The zero-order valence-corrected chi connectivity index (χ0v) is 17.9. The minimum Gasteiger partial charge on any atom is -0.496 e. The molecule has 0 saturated carbocycles. The minimum atomic E-state index is -0.616. The van der Waals surface area contributed by atoms with E-state index in [0.29, 0.717) is 29.8 Å². The predicted molar refractivity (Wildman–Crippen MR) is 113 cm³/mol. The van der Waals surface area contributed by atoms with Gasteiger partial charge in [0.2, 0.25) is 0 Å². The average molecular weight is 415 g/mol. The maximum absolute atomic E-state index is 12.3. The summed E-state index contributed by atoms with van der Waals surface area (Å²) in [6.45, 7) is 4.68. The van der Waals surface area contributed by atoms with Gasteiger partial charge in [-0.3, -0.25) is 4.79 Å². The number of rotatable bonds is 11. The number of nitrogens with one attached hydrogen (secondary N) is 1. The van der Waals surface area contributed by atoms with Crippen LogP contribution < -0.4 is 19.5 Å². The van der Waals surface area contributed by atoms with Crippen LogP contribution in [0.15, 0.2) is 42.5 Å². The number of para-hydroxylation sites is 1.